The van der Waals surface area contributed by atoms with E-state index >= 15 is 0 Å². The number of ether oxygens (including phenoxy) is 1. The minimum atomic E-state index is -0.592. The Morgan fingerprint density at radius 1 is 1.12 bits per heavy atom. The monoisotopic (exact) mass is 480 g/mol. The molecule has 0 saturated heterocycles. The van der Waals surface area contributed by atoms with Gasteiger partial charge in [0.05, 0.1) is 12.3 Å². The Balaban J connectivity index is 1.57. The molecule has 4 rings (SSSR count). The summed E-state index contributed by atoms with van der Waals surface area (Å²) in [6.45, 7) is 3.38. The van der Waals surface area contributed by atoms with Crippen LogP contribution in [-0.2, 0) is 15.3 Å². The highest BCUT2D eigenvalue weighted by Gasteiger charge is 2.13. The van der Waals surface area contributed by atoms with Crippen LogP contribution in [0.1, 0.15) is 19.4 Å². The van der Waals surface area contributed by atoms with Gasteiger partial charge in [0.25, 0.3) is 0 Å². The summed E-state index contributed by atoms with van der Waals surface area (Å²) >= 11 is 1.34. The van der Waals surface area contributed by atoms with E-state index in [1.54, 1.807) is 48.0 Å². The molecule has 0 aliphatic rings. The zero-order valence-corrected chi connectivity index (χ0v) is 19.1. The molecule has 0 aliphatic carbocycles. The number of thioether (sulfide) groups is 1. The molecule has 0 unspecified atom stereocenters. The van der Waals surface area contributed by atoms with E-state index in [2.05, 4.69) is 26.2 Å². The zero-order chi connectivity index (χ0) is 24.1. The van der Waals surface area contributed by atoms with Gasteiger partial charge in [0.15, 0.2) is 0 Å². The number of anilines is 2. The van der Waals surface area contributed by atoms with E-state index < -0.39 is 11.7 Å². The molecule has 2 amide bonds. The number of aromatic nitrogens is 4. The summed E-state index contributed by atoms with van der Waals surface area (Å²) in [7, 11) is 0. The first-order valence-corrected chi connectivity index (χ1v) is 11.2. The third-order valence-corrected chi connectivity index (χ3v) is 5.53. The van der Waals surface area contributed by atoms with E-state index in [1.165, 1.54) is 24.8 Å². The molecule has 0 aliphatic heterocycles. The fourth-order valence-electron chi connectivity index (χ4n) is 3.20. The summed E-state index contributed by atoms with van der Waals surface area (Å²) in [6.07, 6.45) is -0.592. The predicted octanol–water partition coefficient (Wildman–Crippen LogP) is 3.59. The van der Waals surface area contributed by atoms with E-state index in [1.807, 2.05) is 6.07 Å². The fraction of sp³-hybridized carbons (Fsp3) is 0.182. The van der Waals surface area contributed by atoms with Crippen LogP contribution >= 0.6 is 11.8 Å². The van der Waals surface area contributed by atoms with Gasteiger partial charge in [-0.2, -0.15) is 4.68 Å². The van der Waals surface area contributed by atoms with E-state index in [9.17, 15) is 14.4 Å². The largest absolute Gasteiger partial charge is 0.450 e. The summed E-state index contributed by atoms with van der Waals surface area (Å²) in [5.41, 5.74) is 2.28. The van der Waals surface area contributed by atoms with E-state index in [0.29, 0.717) is 38.9 Å². The molecule has 2 N–H and O–H groups in total. The van der Waals surface area contributed by atoms with Crippen molar-refractivity contribution in [3.8, 4) is 5.69 Å². The maximum atomic E-state index is 12.1. The summed E-state index contributed by atoms with van der Waals surface area (Å²) < 4.78 is 11.7. The number of hydrogen-bond donors (Lipinski definition) is 2. The lowest BCUT2D eigenvalue weighted by molar-refractivity contribution is -0.114. The smallest absolute Gasteiger partial charge is 0.411 e. The maximum Gasteiger partial charge on any atom is 0.411 e. The number of nitrogens with zero attached hydrogens (tertiary/aromatic N) is 4. The van der Waals surface area contributed by atoms with Crippen molar-refractivity contribution >= 4 is 46.1 Å². The van der Waals surface area contributed by atoms with Gasteiger partial charge in [0, 0.05) is 41.6 Å². The van der Waals surface area contributed by atoms with Gasteiger partial charge < -0.3 is 14.5 Å². The summed E-state index contributed by atoms with van der Waals surface area (Å²) in [5.74, 6) is 0.206. The lowest BCUT2D eigenvalue weighted by Crippen LogP contribution is -2.13. The Morgan fingerprint density at radius 3 is 2.74 bits per heavy atom. The number of hydrogen-bond acceptors (Lipinski definition) is 9. The van der Waals surface area contributed by atoms with Crippen LogP contribution in [0.5, 0.6) is 0 Å². The second kappa shape index (κ2) is 10.2. The Bertz CT molecular complexity index is 1420. The lowest BCUT2D eigenvalue weighted by Gasteiger charge is -2.09. The summed E-state index contributed by atoms with van der Waals surface area (Å²) in [4.78, 5) is 35.2. The number of carbonyl (C=O) groups is 2. The Labute approximate surface area is 197 Å². The molecule has 0 bridgehead atoms. The molecule has 34 heavy (non-hydrogen) atoms. The van der Waals surface area contributed by atoms with Crippen molar-refractivity contribution in [2.24, 2.45) is 0 Å². The Kier molecular flexibility index (Phi) is 6.87. The number of carbonyl (C=O) groups excluding carboxylic acids is 2. The van der Waals surface area contributed by atoms with Gasteiger partial charge in [-0.3, -0.25) is 10.1 Å². The third-order valence-electron chi connectivity index (χ3n) is 4.56. The maximum absolute atomic E-state index is 12.1. The molecule has 174 valence electrons. The molecule has 0 radical (unpaired) electrons. The van der Waals surface area contributed by atoms with Crippen LogP contribution in [0.25, 0.3) is 16.7 Å². The Hall–Kier alpha value is -4.19. The quantitative estimate of drug-likeness (QED) is 0.300. The van der Waals surface area contributed by atoms with Crippen molar-refractivity contribution in [3.05, 3.63) is 64.5 Å². The normalized spacial score (nSPS) is 10.8. The topological polar surface area (TPSA) is 141 Å². The minimum Gasteiger partial charge on any atom is -0.450 e. The van der Waals surface area contributed by atoms with Crippen molar-refractivity contribution in [3.63, 3.8) is 0 Å². The molecular weight excluding hydrogens is 460 g/mol. The molecule has 11 nitrogen and oxygen atoms in total. The van der Waals surface area contributed by atoms with Crippen molar-refractivity contribution < 1.29 is 18.7 Å². The van der Waals surface area contributed by atoms with Crippen LogP contribution in [0.4, 0.5) is 16.2 Å². The molecule has 2 aromatic heterocycles. The van der Waals surface area contributed by atoms with Crippen LogP contribution in [0.2, 0.25) is 0 Å². The Morgan fingerprint density at radius 2 is 1.94 bits per heavy atom. The van der Waals surface area contributed by atoms with Gasteiger partial charge in [-0.1, -0.05) is 17.8 Å². The number of nitrogens with one attached hydrogen (secondary N) is 2. The van der Waals surface area contributed by atoms with Crippen LogP contribution < -0.4 is 16.3 Å². The first-order valence-electron chi connectivity index (χ1n) is 10.2. The molecular formula is C22H20N6O5S. The predicted molar refractivity (Wildman–Crippen MR) is 126 cm³/mol. The molecule has 0 atom stereocenters. The van der Waals surface area contributed by atoms with Crippen LogP contribution in [0, 0.1) is 0 Å². The molecule has 0 spiro atoms. The second-order valence-corrected chi connectivity index (χ2v) is 7.98. The second-order valence-electron chi connectivity index (χ2n) is 7.04. The molecule has 2 heterocycles. The SMILES string of the molecule is CCOC(=O)Nc1ccc2c(CSc3nnnn3-c3cccc(NC(C)=O)c3)cc(=O)oc2c1. The molecule has 12 heteroatoms. The lowest BCUT2D eigenvalue weighted by atomic mass is 10.1. The first-order chi connectivity index (χ1) is 16.4. The van der Waals surface area contributed by atoms with Crippen molar-refractivity contribution in [2.45, 2.75) is 24.8 Å². The minimum absolute atomic E-state index is 0.182. The van der Waals surface area contributed by atoms with Gasteiger partial charge in [-0.05, 0) is 53.2 Å². The molecule has 0 fully saturated rings. The first kappa shape index (κ1) is 23.0. The number of tetrazole rings is 1. The average Bonchev–Trinajstić information content (AvgIpc) is 3.25. The standard InChI is InChI=1S/C22H20N6O5S/c1-3-32-22(31)24-16-7-8-18-14(9-20(30)33-19(18)11-16)12-34-21-25-26-27-28(21)17-6-4-5-15(10-17)23-13(2)29/h4-11H,3,12H2,1-2H3,(H,23,29)(H,24,31). The van der Waals surface area contributed by atoms with Gasteiger partial charge in [-0.15, -0.1) is 5.10 Å². The number of amides is 2. The van der Waals surface area contributed by atoms with Crippen molar-refractivity contribution in [2.75, 3.05) is 17.2 Å². The van der Waals surface area contributed by atoms with Crippen molar-refractivity contribution in [1.29, 1.82) is 0 Å². The average molecular weight is 481 g/mol. The van der Waals surface area contributed by atoms with E-state index in [0.717, 1.165) is 5.56 Å². The van der Waals surface area contributed by atoms with E-state index in [4.69, 9.17) is 9.15 Å². The van der Waals surface area contributed by atoms with Crippen LogP contribution in [-0.4, -0.2) is 38.8 Å². The van der Waals surface area contributed by atoms with Gasteiger partial charge >= 0.3 is 11.7 Å². The number of fused-ring (bicyclic) bond motifs is 1. The fourth-order valence-corrected chi connectivity index (χ4v) is 4.09. The molecule has 2 aromatic carbocycles. The number of benzene rings is 2. The number of rotatable bonds is 7. The highest BCUT2D eigenvalue weighted by molar-refractivity contribution is 7.98. The van der Waals surface area contributed by atoms with Gasteiger partial charge in [-0.25, -0.2) is 9.59 Å². The third kappa shape index (κ3) is 5.41. The van der Waals surface area contributed by atoms with Crippen LogP contribution in [0.3, 0.4) is 0 Å². The summed E-state index contributed by atoms with van der Waals surface area (Å²) in [5, 5.41) is 18.4. The zero-order valence-electron chi connectivity index (χ0n) is 18.3. The van der Waals surface area contributed by atoms with Crippen molar-refractivity contribution in [1.82, 2.24) is 20.2 Å². The van der Waals surface area contributed by atoms with Crippen LogP contribution in [0.15, 0.2) is 62.9 Å². The molecule has 0 saturated carbocycles. The van der Waals surface area contributed by atoms with Gasteiger partial charge in [0.1, 0.15) is 5.58 Å². The summed E-state index contributed by atoms with van der Waals surface area (Å²) in [6, 6.07) is 13.6. The van der Waals surface area contributed by atoms with Gasteiger partial charge in [0.2, 0.25) is 11.1 Å². The van der Waals surface area contributed by atoms with E-state index in [-0.39, 0.29) is 12.5 Å². The highest BCUT2D eigenvalue weighted by atomic mass is 32.2. The molecule has 4 aromatic rings. The highest BCUT2D eigenvalue weighted by Crippen LogP contribution is 2.28.